The van der Waals surface area contributed by atoms with Crippen LogP contribution in [-0.4, -0.2) is 47.4 Å². The van der Waals surface area contributed by atoms with Crippen LogP contribution in [-0.2, 0) is 14.3 Å². The number of aliphatic hydroxyl groups is 2. The number of unbranched alkanes of at least 4 members (excludes halogenated alkanes) is 48. The first-order valence-corrected chi connectivity index (χ1v) is 34.9. The number of amides is 1. The van der Waals surface area contributed by atoms with Gasteiger partial charge >= 0.3 is 5.97 Å². The molecule has 0 aromatic carbocycles. The van der Waals surface area contributed by atoms with Gasteiger partial charge < -0.3 is 20.3 Å². The normalized spacial score (nSPS) is 12.8. The predicted molar refractivity (Wildman–Crippen MR) is 342 cm³/mol. The topological polar surface area (TPSA) is 95.9 Å². The minimum atomic E-state index is -0.847. The molecule has 0 heterocycles. The van der Waals surface area contributed by atoms with Crippen LogP contribution >= 0.6 is 0 Å². The third kappa shape index (κ3) is 63.0. The van der Waals surface area contributed by atoms with Crippen molar-refractivity contribution in [2.75, 3.05) is 13.2 Å². The minimum absolute atomic E-state index is 0.000655. The minimum Gasteiger partial charge on any atom is -0.466 e. The van der Waals surface area contributed by atoms with Gasteiger partial charge in [0.2, 0.25) is 5.91 Å². The van der Waals surface area contributed by atoms with E-state index in [4.69, 9.17) is 4.74 Å². The summed E-state index contributed by atoms with van der Waals surface area (Å²) in [5, 5.41) is 23.2. The Morgan fingerprint density at radius 3 is 1.03 bits per heavy atom. The van der Waals surface area contributed by atoms with Gasteiger partial charge in [0.25, 0.3) is 0 Å². The fourth-order valence-electron chi connectivity index (χ4n) is 10.7. The van der Waals surface area contributed by atoms with Crippen molar-refractivity contribution in [1.82, 2.24) is 5.32 Å². The van der Waals surface area contributed by atoms with Crippen LogP contribution in [0.1, 0.15) is 373 Å². The van der Waals surface area contributed by atoms with Crippen molar-refractivity contribution in [3.05, 3.63) is 48.6 Å². The van der Waals surface area contributed by atoms with E-state index in [1.807, 2.05) is 6.08 Å². The van der Waals surface area contributed by atoms with Gasteiger partial charge in [0.05, 0.1) is 25.4 Å². The van der Waals surface area contributed by atoms with Gasteiger partial charge in [-0.1, -0.05) is 326 Å². The molecule has 0 aliphatic carbocycles. The Labute approximate surface area is 486 Å². The van der Waals surface area contributed by atoms with E-state index in [0.29, 0.717) is 19.4 Å². The molecule has 2 unspecified atom stereocenters. The Morgan fingerprint density at radius 1 is 0.359 bits per heavy atom. The van der Waals surface area contributed by atoms with E-state index in [-0.39, 0.29) is 18.5 Å². The molecule has 0 fully saturated rings. The number of nitrogens with one attached hydrogen (secondary N) is 1. The first-order chi connectivity index (χ1) is 38.5. The van der Waals surface area contributed by atoms with Gasteiger partial charge in [-0.2, -0.15) is 0 Å². The highest BCUT2D eigenvalue weighted by Gasteiger charge is 2.18. The molecule has 0 aromatic rings. The maximum Gasteiger partial charge on any atom is 0.305 e. The smallest absolute Gasteiger partial charge is 0.305 e. The molecule has 2 atom stereocenters. The summed E-state index contributed by atoms with van der Waals surface area (Å²) in [7, 11) is 0. The number of aliphatic hydroxyl groups excluding tert-OH is 2. The monoisotopic (exact) mass is 1090 g/mol. The van der Waals surface area contributed by atoms with Crippen LogP contribution in [0.2, 0.25) is 0 Å². The second kappa shape index (κ2) is 67.3. The summed E-state index contributed by atoms with van der Waals surface area (Å²) in [6.07, 6.45) is 87.5. The molecule has 0 aliphatic heterocycles. The van der Waals surface area contributed by atoms with Gasteiger partial charge in [-0.25, -0.2) is 0 Å². The highest BCUT2D eigenvalue weighted by molar-refractivity contribution is 5.76. The number of carbonyl (C=O) groups is 2. The van der Waals surface area contributed by atoms with E-state index in [2.05, 4.69) is 55.6 Å². The average Bonchev–Trinajstić information content (AvgIpc) is 3.44. The molecule has 0 radical (unpaired) electrons. The lowest BCUT2D eigenvalue weighted by atomic mass is 10.0. The molecule has 0 spiro atoms. The van der Waals surface area contributed by atoms with Crippen molar-refractivity contribution in [2.24, 2.45) is 0 Å². The summed E-state index contributed by atoms with van der Waals surface area (Å²) in [6.45, 7) is 4.88. The van der Waals surface area contributed by atoms with E-state index in [0.717, 1.165) is 51.4 Å². The van der Waals surface area contributed by atoms with Gasteiger partial charge in [-0.15, -0.1) is 0 Å². The van der Waals surface area contributed by atoms with Crippen LogP contribution < -0.4 is 5.32 Å². The van der Waals surface area contributed by atoms with Crippen molar-refractivity contribution in [2.45, 2.75) is 386 Å². The molecule has 0 saturated heterocycles. The zero-order chi connectivity index (χ0) is 56.4. The van der Waals surface area contributed by atoms with E-state index in [1.54, 1.807) is 6.08 Å². The molecule has 0 saturated carbocycles. The van der Waals surface area contributed by atoms with Crippen LogP contribution in [0, 0.1) is 0 Å². The van der Waals surface area contributed by atoms with E-state index < -0.39 is 12.1 Å². The van der Waals surface area contributed by atoms with E-state index >= 15 is 0 Å². The largest absolute Gasteiger partial charge is 0.466 e. The molecule has 3 N–H and O–H groups in total. The summed E-state index contributed by atoms with van der Waals surface area (Å²) >= 11 is 0. The highest BCUT2D eigenvalue weighted by atomic mass is 16.5. The van der Waals surface area contributed by atoms with Crippen LogP contribution in [0.25, 0.3) is 0 Å². The van der Waals surface area contributed by atoms with Gasteiger partial charge in [-0.3, -0.25) is 9.59 Å². The number of esters is 1. The lowest BCUT2D eigenvalue weighted by molar-refractivity contribution is -0.143. The number of ether oxygens (including phenoxy) is 1. The highest BCUT2D eigenvalue weighted by Crippen LogP contribution is 2.18. The number of rotatable bonds is 65. The zero-order valence-electron chi connectivity index (χ0n) is 52.4. The van der Waals surface area contributed by atoms with Crippen LogP contribution in [0.3, 0.4) is 0 Å². The van der Waals surface area contributed by atoms with E-state index in [9.17, 15) is 19.8 Å². The summed E-state index contributed by atoms with van der Waals surface area (Å²) < 4.78 is 5.48. The molecular weight excluding hydrogens is 959 g/mol. The second-order valence-electron chi connectivity index (χ2n) is 23.9. The molecule has 78 heavy (non-hydrogen) atoms. The van der Waals surface area contributed by atoms with Crippen LogP contribution in [0.5, 0.6) is 0 Å². The fourth-order valence-corrected chi connectivity index (χ4v) is 10.7. The Balaban J connectivity index is 3.43. The summed E-state index contributed by atoms with van der Waals surface area (Å²) in [6, 6.07) is -0.631. The van der Waals surface area contributed by atoms with Crippen LogP contribution in [0.4, 0.5) is 0 Å². The van der Waals surface area contributed by atoms with Crippen molar-refractivity contribution in [1.29, 1.82) is 0 Å². The van der Waals surface area contributed by atoms with Gasteiger partial charge in [0.15, 0.2) is 0 Å². The quantitative estimate of drug-likeness (QED) is 0.0320. The third-order valence-electron chi connectivity index (χ3n) is 16.1. The third-order valence-corrected chi connectivity index (χ3v) is 16.1. The number of carbonyl (C=O) groups excluding carboxylic acids is 2. The van der Waals surface area contributed by atoms with Crippen molar-refractivity contribution in [3.63, 3.8) is 0 Å². The van der Waals surface area contributed by atoms with Gasteiger partial charge in [-0.05, 0) is 83.5 Å². The second-order valence-corrected chi connectivity index (χ2v) is 23.9. The molecule has 0 aromatic heterocycles. The van der Waals surface area contributed by atoms with Crippen molar-refractivity contribution >= 4 is 11.9 Å². The fraction of sp³-hybridized carbons (Fsp3) is 0.861. The molecule has 0 aliphatic rings. The Hall–Kier alpha value is -2.18. The predicted octanol–water partition coefficient (Wildman–Crippen LogP) is 22.5. The Morgan fingerprint density at radius 2 is 0.654 bits per heavy atom. The van der Waals surface area contributed by atoms with Gasteiger partial charge in [0, 0.05) is 12.8 Å². The number of hydrogen-bond donors (Lipinski definition) is 3. The molecule has 6 heteroatoms. The SMILES string of the molecule is CCCC/C=C\C/C=C\CCCCCCCC(=O)OCCCCCCCCCCCCCC/C=C\CCCCCCCCCCCCC(=O)NC(CO)C(O)/C=C/CCCCCCCCCCCCCCCCCCCCC. The molecule has 1 amide bonds. The average molecular weight is 1090 g/mol. The maximum absolute atomic E-state index is 12.5. The molecule has 6 nitrogen and oxygen atoms in total. The molecule has 458 valence electrons. The lowest BCUT2D eigenvalue weighted by Gasteiger charge is -2.20. The van der Waals surface area contributed by atoms with Crippen molar-refractivity contribution < 1.29 is 24.5 Å². The number of allylic oxidation sites excluding steroid dienone is 7. The summed E-state index contributed by atoms with van der Waals surface area (Å²) in [5.41, 5.74) is 0. The standard InChI is InChI=1S/C72H135NO5/c1-3-5-7-9-11-13-15-17-19-20-21-28-31-34-37-40-44-48-52-56-60-64-70(75)69(68-74)73-71(76)65-61-57-53-49-45-41-38-35-32-29-26-24-22-23-25-27-30-33-36-39-43-47-51-55-59-63-67-78-72(77)66-62-58-54-50-46-42-18-16-14-12-10-8-6-4-2/h10,12,16,18,22,24,60,64,69-70,74-75H,3-9,11,13-15,17,19-21,23,25-59,61-63,65-68H2,1-2H3,(H,73,76)/b12-10-,18-16-,24-22-,64-60+. The summed E-state index contributed by atoms with van der Waals surface area (Å²) in [5.74, 6) is -0.0676. The van der Waals surface area contributed by atoms with E-state index in [1.165, 1.54) is 295 Å². The molecule has 0 bridgehead atoms. The first kappa shape index (κ1) is 75.8. The summed E-state index contributed by atoms with van der Waals surface area (Å²) in [4.78, 5) is 24.6. The maximum atomic E-state index is 12.5. The van der Waals surface area contributed by atoms with Crippen LogP contribution in [0.15, 0.2) is 48.6 Å². The zero-order valence-corrected chi connectivity index (χ0v) is 52.4. The Kier molecular flexibility index (Phi) is 65.4. The lowest BCUT2D eigenvalue weighted by Crippen LogP contribution is -2.45. The Bertz CT molecular complexity index is 1310. The first-order valence-electron chi connectivity index (χ1n) is 34.9. The molecular formula is C72H135NO5. The number of hydrogen-bond acceptors (Lipinski definition) is 5. The molecule has 0 rings (SSSR count). The van der Waals surface area contributed by atoms with Crippen molar-refractivity contribution in [3.8, 4) is 0 Å². The van der Waals surface area contributed by atoms with Gasteiger partial charge in [0.1, 0.15) is 0 Å².